The number of hydrogen-bond acceptors (Lipinski definition) is 4. The van der Waals surface area contributed by atoms with Gasteiger partial charge in [-0.1, -0.05) is 37.3 Å². The summed E-state index contributed by atoms with van der Waals surface area (Å²) in [5.74, 6) is 0.880. The highest BCUT2D eigenvalue weighted by Crippen LogP contribution is 2.31. The third-order valence-corrected chi connectivity index (χ3v) is 4.10. The largest absolute Gasteiger partial charge is 0.462 e. The summed E-state index contributed by atoms with van der Waals surface area (Å²) in [5, 5.41) is 5.44. The Morgan fingerprint density at radius 1 is 1.07 bits per heavy atom. The third-order valence-electron chi connectivity index (χ3n) is 4.10. The van der Waals surface area contributed by atoms with Crippen molar-refractivity contribution >= 4 is 12.0 Å². The molecule has 6 nitrogen and oxygen atoms in total. The maximum Gasteiger partial charge on any atom is 0.338 e. The van der Waals surface area contributed by atoms with Gasteiger partial charge in [-0.05, 0) is 43.2 Å². The minimum atomic E-state index is -0.609. The van der Waals surface area contributed by atoms with E-state index in [0.717, 1.165) is 12.0 Å². The van der Waals surface area contributed by atoms with E-state index in [1.165, 1.54) is 0 Å². The number of hydrogen-bond donors (Lipinski definition) is 2. The number of carbonyl (C=O) groups excluding carboxylic acids is 2. The zero-order valence-corrected chi connectivity index (χ0v) is 15.3. The smallest absolute Gasteiger partial charge is 0.338 e. The lowest BCUT2D eigenvalue weighted by Gasteiger charge is -2.28. The maximum absolute atomic E-state index is 12.5. The van der Waals surface area contributed by atoms with Gasteiger partial charge >= 0.3 is 12.0 Å². The number of amides is 2. The first-order valence-electron chi connectivity index (χ1n) is 8.86. The molecule has 6 heteroatoms. The van der Waals surface area contributed by atoms with E-state index < -0.39 is 12.0 Å². The van der Waals surface area contributed by atoms with Crippen molar-refractivity contribution in [2.75, 3.05) is 6.61 Å². The molecule has 0 saturated heterocycles. The molecule has 0 spiro atoms. The molecule has 27 heavy (non-hydrogen) atoms. The Hall–Kier alpha value is -3.28. The summed E-state index contributed by atoms with van der Waals surface area (Å²) in [6, 6.07) is 15.7. The standard InChI is InChI=1S/C21H22N2O4/c1-3-12-26-20(24)18-14(2)22-21(25)23-19(18)15-8-7-11-17(13-15)27-16-9-5-4-6-10-16/h4-11,13,19H,3,12H2,1-2H3,(H2,22,23,25)/t19-/m1/s1. The van der Waals surface area contributed by atoms with Crippen LogP contribution in [-0.4, -0.2) is 18.6 Å². The van der Waals surface area contributed by atoms with Gasteiger partial charge < -0.3 is 20.1 Å². The fraction of sp³-hybridized carbons (Fsp3) is 0.238. The van der Waals surface area contributed by atoms with E-state index in [-0.39, 0.29) is 6.03 Å². The Balaban J connectivity index is 1.90. The van der Waals surface area contributed by atoms with Gasteiger partial charge in [0.25, 0.3) is 0 Å². The topological polar surface area (TPSA) is 76.7 Å². The van der Waals surface area contributed by atoms with Gasteiger partial charge in [0.15, 0.2) is 0 Å². The van der Waals surface area contributed by atoms with Gasteiger partial charge in [-0.2, -0.15) is 0 Å². The summed E-state index contributed by atoms with van der Waals surface area (Å²) in [6.45, 7) is 3.95. The second kappa shape index (κ2) is 8.40. The highest BCUT2D eigenvalue weighted by Gasteiger charge is 2.32. The molecule has 0 aromatic heterocycles. The fourth-order valence-corrected chi connectivity index (χ4v) is 2.87. The van der Waals surface area contributed by atoms with E-state index in [1.54, 1.807) is 6.92 Å². The van der Waals surface area contributed by atoms with Crippen LogP contribution in [0.1, 0.15) is 31.9 Å². The number of ether oxygens (including phenoxy) is 2. The quantitative estimate of drug-likeness (QED) is 0.756. The summed E-state index contributed by atoms with van der Waals surface area (Å²) in [5.41, 5.74) is 1.61. The highest BCUT2D eigenvalue weighted by molar-refractivity contribution is 5.95. The molecule has 0 saturated carbocycles. The zero-order valence-electron chi connectivity index (χ0n) is 15.3. The second-order valence-corrected chi connectivity index (χ2v) is 6.19. The molecule has 140 valence electrons. The van der Waals surface area contributed by atoms with Crippen molar-refractivity contribution in [3.05, 3.63) is 71.4 Å². The normalized spacial score (nSPS) is 16.4. The van der Waals surface area contributed by atoms with E-state index in [1.807, 2.05) is 61.5 Å². The summed E-state index contributed by atoms with van der Waals surface area (Å²) in [4.78, 5) is 24.5. The Kier molecular flexibility index (Phi) is 5.76. The van der Waals surface area contributed by atoms with Crippen LogP contribution < -0.4 is 15.4 Å². The first-order valence-corrected chi connectivity index (χ1v) is 8.86. The molecule has 2 aromatic carbocycles. The molecular formula is C21H22N2O4. The van der Waals surface area contributed by atoms with Crippen LogP contribution in [0, 0.1) is 0 Å². The number of urea groups is 1. The predicted molar refractivity (Wildman–Crippen MR) is 101 cm³/mol. The lowest BCUT2D eigenvalue weighted by Crippen LogP contribution is -2.45. The van der Waals surface area contributed by atoms with Crippen LogP contribution in [0.15, 0.2) is 65.9 Å². The van der Waals surface area contributed by atoms with Crippen LogP contribution in [0.3, 0.4) is 0 Å². The average Bonchev–Trinajstić information content (AvgIpc) is 2.66. The second-order valence-electron chi connectivity index (χ2n) is 6.19. The van der Waals surface area contributed by atoms with Gasteiger partial charge in [0.1, 0.15) is 11.5 Å². The molecule has 1 aliphatic rings. The van der Waals surface area contributed by atoms with Gasteiger partial charge in [-0.15, -0.1) is 0 Å². The highest BCUT2D eigenvalue weighted by atomic mass is 16.5. The van der Waals surface area contributed by atoms with Crippen LogP contribution in [0.2, 0.25) is 0 Å². The number of para-hydroxylation sites is 1. The van der Waals surface area contributed by atoms with Gasteiger partial charge in [0.2, 0.25) is 0 Å². The van der Waals surface area contributed by atoms with Crippen molar-refractivity contribution in [3.63, 3.8) is 0 Å². The number of rotatable bonds is 6. The molecule has 3 rings (SSSR count). The molecule has 0 radical (unpaired) electrons. The monoisotopic (exact) mass is 366 g/mol. The molecule has 0 bridgehead atoms. The number of esters is 1. The van der Waals surface area contributed by atoms with Crippen molar-refractivity contribution < 1.29 is 19.1 Å². The van der Waals surface area contributed by atoms with E-state index in [0.29, 0.717) is 29.4 Å². The van der Waals surface area contributed by atoms with E-state index in [9.17, 15) is 9.59 Å². The van der Waals surface area contributed by atoms with Crippen molar-refractivity contribution in [1.82, 2.24) is 10.6 Å². The van der Waals surface area contributed by atoms with Crippen molar-refractivity contribution in [3.8, 4) is 11.5 Å². The van der Waals surface area contributed by atoms with Gasteiger partial charge in [0, 0.05) is 5.70 Å². The first-order chi connectivity index (χ1) is 13.1. The Morgan fingerprint density at radius 3 is 2.56 bits per heavy atom. The Labute approximate surface area is 158 Å². The fourth-order valence-electron chi connectivity index (χ4n) is 2.87. The molecule has 1 aliphatic heterocycles. The van der Waals surface area contributed by atoms with E-state index >= 15 is 0 Å². The van der Waals surface area contributed by atoms with Gasteiger partial charge in [-0.25, -0.2) is 9.59 Å². The minimum Gasteiger partial charge on any atom is -0.462 e. The minimum absolute atomic E-state index is 0.327. The van der Waals surface area contributed by atoms with Crippen molar-refractivity contribution in [2.45, 2.75) is 26.3 Å². The first kappa shape index (κ1) is 18.5. The molecule has 0 aliphatic carbocycles. The summed E-state index contributed by atoms with van der Waals surface area (Å²) < 4.78 is 11.2. The van der Waals surface area contributed by atoms with Gasteiger partial charge in [-0.3, -0.25) is 0 Å². The molecule has 0 fully saturated rings. The number of allylic oxidation sites excluding steroid dienone is 1. The number of benzene rings is 2. The Bertz CT molecular complexity index is 861. The van der Waals surface area contributed by atoms with Crippen LogP contribution >= 0.6 is 0 Å². The molecule has 2 aromatic rings. The zero-order chi connectivity index (χ0) is 19.2. The third kappa shape index (κ3) is 4.47. The van der Waals surface area contributed by atoms with Crippen LogP contribution in [0.25, 0.3) is 0 Å². The number of nitrogens with one attached hydrogen (secondary N) is 2. The predicted octanol–water partition coefficient (Wildman–Crippen LogP) is 4.06. The maximum atomic E-state index is 12.5. The lowest BCUT2D eigenvalue weighted by molar-refractivity contribution is -0.139. The average molecular weight is 366 g/mol. The van der Waals surface area contributed by atoms with Crippen molar-refractivity contribution in [2.24, 2.45) is 0 Å². The molecular weight excluding hydrogens is 344 g/mol. The van der Waals surface area contributed by atoms with Crippen LogP contribution in [0.4, 0.5) is 4.79 Å². The summed E-state index contributed by atoms with van der Waals surface area (Å²) in [6.07, 6.45) is 0.725. The summed E-state index contributed by atoms with van der Waals surface area (Å²) >= 11 is 0. The van der Waals surface area contributed by atoms with E-state index in [4.69, 9.17) is 9.47 Å². The summed E-state index contributed by atoms with van der Waals surface area (Å²) in [7, 11) is 0. The van der Waals surface area contributed by atoms with Crippen molar-refractivity contribution in [1.29, 1.82) is 0 Å². The molecule has 2 N–H and O–H groups in total. The Morgan fingerprint density at radius 2 is 1.81 bits per heavy atom. The molecule has 1 heterocycles. The van der Waals surface area contributed by atoms with Gasteiger partial charge in [0.05, 0.1) is 18.2 Å². The van der Waals surface area contributed by atoms with E-state index in [2.05, 4.69) is 10.6 Å². The molecule has 0 unspecified atom stereocenters. The molecule has 1 atom stereocenters. The lowest BCUT2D eigenvalue weighted by atomic mass is 9.95. The van der Waals surface area contributed by atoms with Crippen LogP contribution in [0.5, 0.6) is 11.5 Å². The molecule has 2 amide bonds. The van der Waals surface area contributed by atoms with Crippen LogP contribution in [-0.2, 0) is 9.53 Å². The number of carbonyl (C=O) groups is 2. The SMILES string of the molecule is CCCOC(=O)C1=C(C)NC(=O)N[C@@H]1c1cccc(Oc2ccccc2)c1.